The van der Waals surface area contributed by atoms with Crippen LogP contribution in [-0.2, 0) is 9.31 Å². The number of carbonyl (C=O) groups is 1. The SMILES string of the molecule is CC1(C)OB(c2cc(C(=O)NC3CCCCC3)cc([N+](=O)[O-])c2)OC1(C)C. The Bertz CT molecular complexity index is 728. The van der Waals surface area contributed by atoms with Gasteiger partial charge in [0.15, 0.2) is 0 Å². The van der Waals surface area contributed by atoms with Crippen molar-refractivity contribution in [3.05, 3.63) is 33.9 Å². The second-order valence-corrected chi connectivity index (χ2v) is 8.47. The number of hydrogen-bond acceptors (Lipinski definition) is 5. The predicted octanol–water partition coefficient (Wildman–Crippen LogP) is 2.96. The van der Waals surface area contributed by atoms with Gasteiger partial charge in [-0.05, 0) is 52.1 Å². The molecule has 7 nitrogen and oxygen atoms in total. The summed E-state index contributed by atoms with van der Waals surface area (Å²) in [6.45, 7) is 7.67. The summed E-state index contributed by atoms with van der Waals surface area (Å²) in [6, 6.07) is 4.49. The largest absolute Gasteiger partial charge is 0.495 e. The van der Waals surface area contributed by atoms with E-state index in [1.54, 1.807) is 6.07 Å². The molecular weight excluding hydrogens is 347 g/mol. The molecule has 1 heterocycles. The number of nitrogens with zero attached hydrogens (tertiary/aromatic N) is 1. The fourth-order valence-electron chi connectivity index (χ4n) is 3.50. The molecule has 1 saturated carbocycles. The molecule has 1 N–H and O–H groups in total. The van der Waals surface area contributed by atoms with Crippen molar-refractivity contribution in [2.75, 3.05) is 0 Å². The first-order valence-corrected chi connectivity index (χ1v) is 9.55. The number of nitrogens with one attached hydrogen (secondary N) is 1. The highest BCUT2D eigenvalue weighted by Gasteiger charge is 2.52. The minimum absolute atomic E-state index is 0.130. The maximum Gasteiger partial charge on any atom is 0.495 e. The quantitative estimate of drug-likeness (QED) is 0.497. The third kappa shape index (κ3) is 4.16. The first kappa shape index (κ1) is 19.8. The molecule has 0 atom stereocenters. The monoisotopic (exact) mass is 374 g/mol. The van der Waals surface area contributed by atoms with Gasteiger partial charge in [0, 0.05) is 23.7 Å². The van der Waals surface area contributed by atoms with E-state index in [1.807, 2.05) is 27.7 Å². The van der Waals surface area contributed by atoms with Crippen molar-refractivity contribution in [3.63, 3.8) is 0 Å². The van der Waals surface area contributed by atoms with Crippen LogP contribution in [0, 0.1) is 10.1 Å². The van der Waals surface area contributed by atoms with Crippen molar-refractivity contribution in [2.45, 2.75) is 77.0 Å². The molecule has 2 aliphatic rings. The number of amides is 1. The minimum atomic E-state index is -0.754. The summed E-state index contributed by atoms with van der Waals surface area (Å²) >= 11 is 0. The molecule has 146 valence electrons. The van der Waals surface area contributed by atoms with E-state index >= 15 is 0 Å². The molecule has 0 bridgehead atoms. The first-order chi connectivity index (χ1) is 12.6. The van der Waals surface area contributed by atoms with Gasteiger partial charge in [-0.2, -0.15) is 0 Å². The number of rotatable bonds is 4. The molecule has 0 spiro atoms. The highest BCUT2D eigenvalue weighted by Crippen LogP contribution is 2.36. The van der Waals surface area contributed by atoms with Crippen LogP contribution in [0.1, 0.15) is 70.2 Å². The van der Waals surface area contributed by atoms with Crippen molar-refractivity contribution in [1.82, 2.24) is 5.32 Å². The topological polar surface area (TPSA) is 90.7 Å². The van der Waals surface area contributed by atoms with E-state index in [-0.39, 0.29) is 23.2 Å². The molecular formula is C19H27BN2O5. The molecule has 0 radical (unpaired) electrons. The van der Waals surface area contributed by atoms with Gasteiger partial charge in [0.2, 0.25) is 0 Å². The average molecular weight is 374 g/mol. The van der Waals surface area contributed by atoms with Crippen LogP contribution in [-0.4, -0.2) is 35.2 Å². The molecule has 8 heteroatoms. The minimum Gasteiger partial charge on any atom is -0.399 e. The van der Waals surface area contributed by atoms with Crippen LogP contribution in [0.3, 0.4) is 0 Å². The van der Waals surface area contributed by atoms with Crippen molar-refractivity contribution in [3.8, 4) is 0 Å². The summed E-state index contributed by atoms with van der Waals surface area (Å²) in [5, 5.41) is 14.4. The standard InChI is InChI=1S/C19H27BN2O5/c1-18(2)19(3,4)27-20(26-18)14-10-13(11-16(12-14)22(24)25)17(23)21-15-8-6-5-7-9-15/h10-12,15H,5-9H2,1-4H3,(H,21,23). The van der Waals surface area contributed by atoms with Gasteiger partial charge >= 0.3 is 7.12 Å². The van der Waals surface area contributed by atoms with Gasteiger partial charge in [-0.1, -0.05) is 19.3 Å². The van der Waals surface area contributed by atoms with E-state index in [9.17, 15) is 14.9 Å². The Morgan fingerprint density at radius 3 is 2.26 bits per heavy atom. The molecule has 3 rings (SSSR count). The summed E-state index contributed by atoms with van der Waals surface area (Å²) in [4.78, 5) is 23.6. The number of nitro groups is 1. The second-order valence-electron chi connectivity index (χ2n) is 8.47. The first-order valence-electron chi connectivity index (χ1n) is 9.55. The maximum absolute atomic E-state index is 12.7. The summed E-state index contributed by atoms with van der Waals surface area (Å²) < 4.78 is 12.0. The van der Waals surface area contributed by atoms with Gasteiger partial charge in [0.05, 0.1) is 16.1 Å². The number of carbonyl (C=O) groups excluding carboxylic acids is 1. The lowest BCUT2D eigenvalue weighted by molar-refractivity contribution is -0.384. The Kier molecular flexibility index (Phi) is 5.32. The Hall–Kier alpha value is -1.93. The smallest absolute Gasteiger partial charge is 0.399 e. The fourth-order valence-corrected chi connectivity index (χ4v) is 3.50. The summed E-state index contributed by atoms with van der Waals surface area (Å²) in [7, 11) is -0.754. The molecule has 1 aliphatic carbocycles. The molecule has 1 amide bonds. The van der Waals surface area contributed by atoms with Crippen molar-refractivity contribution >= 4 is 24.2 Å². The van der Waals surface area contributed by atoms with Crippen LogP contribution >= 0.6 is 0 Å². The van der Waals surface area contributed by atoms with Gasteiger partial charge in [-0.3, -0.25) is 14.9 Å². The summed E-state index contributed by atoms with van der Waals surface area (Å²) in [6.07, 6.45) is 5.28. The molecule has 1 aromatic rings. The zero-order valence-electron chi connectivity index (χ0n) is 16.4. The summed E-state index contributed by atoms with van der Waals surface area (Å²) in [5.74, 6) is -0.289. The number of nitro benzene ring substituents is 1. The van der Waals surface area contributed by atoms with E-state index in [4.69, 9.17) is 9.31 Å². The third-order valence-corrected chi connectivity index (χ3v) is 5.88. The zero-order valence-corrected chi connectivity index (χ0v) is 16.4. The van der Waals surface area contributed by atoms with Crippen LogP contribution < -0.4 is 10.8 Å². The Balaban J connectivity index is 1.87. The van der Waals surface area contributed by atoms with Crippen LogP contribution in [0.4, 0.5) is 5.69 Å². The molecule has 1 saturated heterocycles. The van der Waals surface area contributed by atoms with Gasteiger partial charge in [0.25, 0.3) is 11.6 Å². The summed E-state index contributed by atoms with van der Waals surface area (Å²) in [5.41, 5.74) is -0.522. The third-order valence-electron chi connectivity index (χ3n) is 5.88. The lowest BCUT2D eigenvalue weighted by Gasteiger charge is -2.32. The van der Waals surface area contributed by atoms with Gasteiger partial charge in [-0.15, -0.1) is 0 Å². The van der Waals surface area contributed by atoms with Crippen LogP contribution in [0.5, 0.6) is 0 Å². The molecule has 27 heavy (non-hydrogen) atoms. The van der Waals surface area contributed by atoms with E-state index in [0.29, 0.717) is 5.46 Å². The van der Waals surface area contributed by atoms with E-state index < -0.39 is 23.2 Å². The highest BCUT2D eigenvalue weighted by molar-refractivity contribution is 6.62. The lowest BCUT2D eigenvalue weighted by atomic mass is 9.78. The van der Waals surface area contributed by atoms with E-state index in [1.165, 1.54) is 18.6 Å². The maximum atomic E-state index is 12.7. The zero-order chi connectivity index (χ0) is 19.8. The molecule has 1 aliphatic heterocycles. The van der Waals surface area contributed by atoms with E-state index in [2.05, 4.69) is 5.32 Å². The average Bonchev–Trinajstić information content (AvgIpc) is 2.83. The number of benzene rings is 1. The molecule has 1 aromatic carbocycles. The normalized spacial score (nSPS) is 21.9. The van der Waals surface area contributed by atoms with Crippen LogP contribution in [0.2, 0.25) is 0 Å². The van der Waals surface area contributed by atoms with Gasteiger partial charge in [0.1, 0.15) is 0 Å². The molecule has 0 aromatic heterocycles. The highest BCUT2D eigenvalue weighted by atomic mass is 16.7. The van der Waals surface area contributed by atoms with Crippen LogP contribution in [0.15, 0.2) is 18.2 Å². The predicted molar refractivity (Wildman–Crippen MR) is 103 cm³/mol. The van der Waals surface area contributed by atoms with Crippen molar-refractivity contribution in [2.24, 2.45) is 0 Å². The Labute approximate surface area is 160 Å². The second kappa shape index (κ2) is 7.24. The molecule has 0 unspecified atom stereocenters. The van der Waals surface area contributed by atoms with E-state index in [0.717, 1.165) is 25.7 Å². The fraction of sp³-hybridized carbons (Fsp3) is 0.632. The number of non-ortho nitro benzene ring substituents is 1. The van der Waals surface area contributed by atoms with Gasteiger partial charge < -0.3 is 14.6 Å². The lowest BCUT2D eigenvalue weighted by Crippen LogP contribution is -2.41. The van der Waals surface area contributed by atoms with Crippen LogP contribution in [0.25, 0.3) is 0 Å². The number of hydrogen-bond donors (Lipinski definition) is 1. The van der Waals surface area contributed by atoms with Gasteiger partial charge in [-0.25, -0.2) is 0 Å². The Morgan fingerprint density at radius 1 is 1.11 bits per heavy atom. The Morgan fingerprint density at radius 2 is 1.70 bits per heavy atom. The van der Waals surface area contributed by atoms with Crippen molar-refractivity contribution < 1.29 is 19.0 Å². The van der Waals surface area contributed by atoms with Crippen molar-refractivity contribution in [1.29, 1.82) is 0 Å². The molecule has 2 fully saturated rings.